The van der Waals surface area contributed by atoms with Gasteiger partial charge < -0.3 is 4.74 Å². The number of pyridine rings is 1. The van der Waals surface area contributed by atoms with Gasteiger partial charge in [0.2, 0.25) is 0 Å². The van der Waals surface area contributed by atoms with Crippen LogP contribution in [0.15, 0.2) is 16.9 Å². The fourth-order valence-electron chi connectivity index (χ4n) is 1.79. The first-order valence-electron chi connectivity index (χ1n) is 6.28. The molecule has 1 atom stereocenters. The second kappa shape index (κ2) is 6.31. The van der Waals surface area contributed by atoms with Gasteiger partial charge in [-0.2, -0.15) is 0 Å². The van der Waals surface area contributed by atoms with Crippen molar-refractivity contribution < 1.29 is 14.5 Å². The van der Waals surface area contributed by atoms with E-state index in [9.17, 15) is 19.7 Å². The molecule has 0 saturated heterocycles. The zero-order valence-electron chi connectivity index (χ0n) is 12.0. The summed E-state index contributed by atoms with van der Waals surface area (Å²) in [5, 5.41) is 10.9. The van der Waals surface area contributed by atoms with Gasteiger partial charge in [-0.15, -0.1) is 0 Å². The number of hydrogen-bond acceptors (Lipinski definition) is 5. The minimum Gasteiger partial charge on any atom is -0.464 e. The Kier molecular flexibility index (Phi) is 5.01. The Morgan fingerprint density at radius 1 is 1.40 bits per heavy atom. The van der Waals surface area contributed by atoms with Crippen molar-refractivity contribution in [2.75, 3.05) is 6.61 Å². The lowest BCUT2D eigenvalue weighted by Gasteiger charge is -2.17. The van der Waals surface area contributed by atoms with Crippen LogP contribution in [-0.4, -0.2) is 22.1 Å². The lowest BCUT2D eigenvalue weighted by atomic mass is 10.2. The predicted octanol–water partition coefficient (Wildman–Crippen LogP) is 1.83. The lowest BCUT2D eigenvalue weighted by molar-refractivity contribution is -0.386. The summed E-state index contributed by atoms with van der Waals surface area (Å²) in [4.78, 5) is 34.0. The first kappa shape index (κ1) is 15.9. The highest BCUT2D eigenvalue weighted by Crippen LogP contribution is 2.18. The molecule has 1 unspecified atom stereocenters. The number of rotatable bonds is 5. The van der Waals surface area contributed by atoms with Crippen molar-refractivity contribution in [3.63, 3.8) is 0 Å². The maximum absolute atomic E-state index is 11.9. The molecule has 0 N–H and O–H groups in total. The third-order valence-corrected chi connectivity index (χ3v) is 2.84. The summed E-state index contributed by atoms with van der Waals surface area (Å²) in [6.07, 6.45) is 0. The molecule has 0 fully saturated rings. The summed E-state index contributed by atoms with van der Waals surface area (Å²) >= 11 is 0. The summed E-state index contributed by atoms with van der Waals surface area (Å²) in [5.41, 5.74) is -0.535. The number of hydrogen-bond donors (Lipinski definition) is 0. The van der Waals surface area contributed by atoms with Crippen molar-refractivity contribution >= 4 is 11.7 Å². The van der Waals surface area contributed by atoms with E-state index in [1.54, 1.807) is 0 Å². The number of ether oxygens (including phenoxy) is 1. The van der Waals surface area contributed by atoms with Gasteiger partial charge in [0.05, 0.1) is 17.2 Å². The van der Waals surface area contributed by atoms with Crippen LogP contribution in [0.3, 0.4) is 0 Å². The summed E-state index contributed by atoms with van der Waals surface area (Å²) < 4.78 is 6.15. The van der Waals surface area contributed by atoms with E-state index in [0.717, 1.165) is 16.7 Å². The first-order valence-corrected chi connectivity index (χ1v) is 6.28. The molecule has 0 amide bonds. The molecule has 0 radical (unpaired) electrons. The standard InChI is InChI=1S/C13H18N2O5/c1-8(2)7-20-13(17)10(4)14-9(3)11(15(18)19)5-6-12(14)16/h5-6,8,10H,7H2,1-4H3. The van der Waals surface area contributed by atoms with Gasteiger partial charge >= 0.3 is 5.97 Å². The molecular weight excluding hydrogens is 264 g/mol. The van der Waals surface area contributed by atoms with E-state index in [-0.39, 0.29) is 23.9 Å². The van der Waals surface area contributed by atoms with Crippen LogP contribution in [-0.2, 0) is 9.53 Å². The Morgan fingerprint density at radius 3 is 2.50 bits per heavy atom. The molecule has 20 heavy (non-hydrogen) atoms. The summed E-state index contributed by atoms with van der Waals surface area (Å²) in [6.45, 7) is 6.95. The van der Waals surface area contributed by atoms with Crippen molar-refractivity contribution in [3.8, 4) is 0 Å². The number of carbonyl (C=O) groups is 1. The number of nitro groups is 1. The molecule has 110 valence electrons. The van der Waals surface area contributed by atoms with E-state index < -0.39 is 22.5 Å². The fraction of sp³-hybridized carbons (Fsp3) is 0.538. The van der Waals surface area contributed by atoms with E-state index >= 15 is 0 Å². The van der Waals surface area contributed by atoms with Crippen molar-refractivity contribution in [3.05, 3.63) is 38.3 Å². The second-order valence-corrected chi connectivity index (χ2v) is 4.97. The molecule has 0 bridgehead atoms. The molecule has 0 aromatic carbocycles. The van der Waals surface area contributed by atoms with Crippen LogP contribution in [0.5, 0.6) is 0 Å². The highest BCUT2D eigenvalue weighted by molar-refractivity contribution is 5.74. The molecule has 1 aromatic rings. The molecule has 1 heterocycles. The number of aromatic nitrogens is 1. The maximum Gasteiger partial charge on any atom is 0.328 e. The van der Waals surface area contributed by atoms with Gasteiger partial charge in [-0.1, -0.05) is 13.8 Å². The normalized spacial score (nSPS) is 12.2. The first-order chi connectivity index (χ1) is 9.25. The molecule has 0 spiro atoms. The Labute approximate surface area is 116 Å². The summed E-state index contributed by atoms with van der Waals surface area (Å²) in [6, 6.07) is 1.32. The highest BCUT2D eigenvalue weighted by atomic mass is 16.6. The van der Waals surface area contributed by atoms with Crippen molar-refractivity contribution in [2.45, 2.75) is 33.7 Å². The van der Waals surface area contributed by atoms with Crippen molar-refractivity contribution in [1.82, 2.24) is 4.57 Å². The highest BCUT2D eigenvalue weighted by Gasteiger charge is 2.24. The van der Waals surface area contributed by atoms with Gasteiger partial charge in [0.1, 0.15) is 6.04 Å². The van der Waals surface area contributed by atoms with E-state index in [4.69, 9.17) is 4.74 Å². The SMILES string of the molecule is Cc1c([N+](=O)[O-])ccc(=O)n1C(C)C(=O)OCC(C)C. The van der Waals surface area contributed by atoms with Crippen LogP contribution in [0.2, 0.25) is 0 Å². The average molecular weight is 282 g/mol. The quantitative estimate of drug-likeness (QED) is 0.466. The van der Waals surface area contributed by atoms with Gasteiger partial charge in [-0.05, 0) is 19.8 Å². The number of nitrogens with zero attached hydrogens (tertiary/aromatic N) is 2. The van der Waals surface area contributed by atoms with Crippen molar-refractivity contribution in [1.29, 1.82) is 0 Å². The molecule has 1 aromatic heterocycles. The van der Waals surface area contributed by atoms with E-state index in [2.05, 4.69) is 0 Å². The largest absolute Gasteiger partial charge is 0.464 e. The van der Waals surface area contributed by atoms with Gasteiger partial charge in [-0.3, -0.25) is 19.5 Å². The Hall–Kier alpha value is -2.18. The van der Waals surface area contributed by atoms with Gasteiger partial charge in [0.25, 0.3) is 11.2 Å². The molecule has 1 rings (SSSR count). The smallest absolute Gasteiger partial charge is 0.328 e. The van der Waals surface area contributed by atoms with Crippen LogP contribution in [0.1, 0.15) is 32.5 Å². The third-order valence-electron chi connectivity index (χ3n) is 2.84. The van der Waals surface area contributed by atoms with Crippen LogP contribution in [0.4, 0.5) is 5.69 Å². The van der Waals surface area contributed by atoms with Crippen LogP contribution < -0.4 is 5.56 Å². The topological polar surface area (TPSA) is 91.4 Å². The Bertz CT molecular complexity index is 577. The molecule has 0 saturated carbocycles. The minimum atomic E-state index is -0.902. The van der Waals surface area contributed by atoms with E-state index in [1.807, 2.05) is 13.8 Å². The zero-order chi connectivity index (χ0) is 15.4. The Balaban J connectivity index is 3.12. The summed E-state index contributed by atoms with van der Waals surface area (Å²) in [7, 11) is 0. The molecule has 0 aliphatic carbocycles. The Morgan fingerprint density at radius 2 is 2.00 bits per heavy atom. The average Bonchev–Trinajstić information content (AvgIpc) is 2.35. The van der Waals surface area contributed by atoms with E-state index in [0.29, 0.717) is 0 Å². The number of carbonyl (C=O) groups excluding carboxylic acids is 1. The van der Waals surface area contributed by atoms with Gasteiger partial charge in [0.15, 0.2) is 0 Å². The molecule has 7 nitrogen and oxygen atoms in total. The monoisotopic (exact) mass is 282 g/mol. The van der Waals surface area contributed by atoms with Crippen LogP contribution in [0, 0.1) is 23.0 Å². The summed E-state index contributed by atoms with van der Waals surface area (Å²) in [5.74, 6) is -0.404. The van der Waals surface area contributed by atoms with Crippen LogP contribution in [0.25, 0.3) is 0 Å². The van der Waals surface area contributed by atoms with Crippen LogP contribution >= 0.6 is 0 Å². The molecule has 0 aliphatic heterocycles. The van der Waals surface area contributed by atoms with E-state index in [1.165, 1.54) is 13.8 Å². The maximum atomic E-state index is 11.9. The minimum absolute atomic E-state index is 0.136. The van der Waals surface area contributed by atoms with Gasteiger partial charge in [-0.25, -0.2) is 4.79 Å². The fourth-order valence-corrected chi connectivity index (χ4v) is 1.79. The second-order valence-electron chi connectivity index (χ2n) is 4.97. The molecule has 7 heteroatoms. The number of esters is 1. The van der Waals surface area contributed by atoms with Gasteiger partial charge in [0, 0.05) is 12.1 Å². The molecule has 0 aliphatic rings. The zero-order valence-corrected chi connectivity index (χ0v) is 12.0. The van der Waals surface area contributed by atoms with Crippen molar-refractivity contribution in [2.24, 2.45) is 5.92 Å². The predicted molar refractivity (Wildman–Crippen MR) is 72.6 cm³/mol. The third kappa shape index (κ3) is 3.43. The lowest BCUT2D eigenvalue weighted by Crippen LogP contribution is -2.31. The molecular formula is C13H18N2O5.